The smallest absolute Gasteiger partial charge is 0.338 e. The van der Waals surface area contributed by atoms with Crippen LogP contribution < -0.4 is 14.8 Å². The maximum absolute atomic E-state index is 13.9. The summed E-state index contributed by atoms with van der Waals surface area (Å²) >= 11 is 0. The maximum Gasteiger partial charge on any atom is 0.338 e. The van der Waals surface area contributed by atoms with E-state index >= 15 is 0 Å². The van der Waals surface area contributed by atoms with Gasteiger partial charge in [-0.1, -0.05) is 12.1 Å². The number of anilines is 1. The molecule has 1 N–H and O–H groups in total. The molecule has 2 heterocycles. The van der Waals surface area contributed by atoms with Gasteiger partial charge in [-0.25, -0.2) is 9.18 Å². The number of hydrogen-bond acceptors (Lipinski definition) is 5. The number of halogens is 1. The number of benzene rings is 3. The Morgan fingerprint density at radius 3 is 2.71 bits per heavy atom. The second-order valence-electron chi connectivity index (χ2n) is 9.53. The highest BCUT2D eigenvalue weighted by atomic mass is 19.1. The summed E-state index contributed by atoms with van der Waals surface area (Å²) < 4.78 is 30.8. The SMILES string of the molecule is COc1cc(F)ccc1-c1ccc2c(c1COC(=O)c1ccc3c(c1)CCO3)C(C)=CC(C)(C)N2. The van der Waals surface area contributed by atoms with Gasteiger partial charge in [0.1, 0.15) is 23.9 Å². The number of fused-ring (bicyclic) bond motifs is 2. The van der Waals surface area contributed by atoms with Crippen molar-refractivity contribution in [1.29, 1.82) is 0 Å². The Bertz CT molecular complexity index is 1360. The monoisotopic (exact) mass is 473 g/mol. The number of carbonyl (C=O) groups is 1. The number of methoxy groups -OCH3 is 1. The summed E-state index contributed by atoms with van der Waals surface area (Å²) in [4.78, 5) is 13.0. The van der Waals surface area contributed by atoms with Crippen molar-refractivity contribution in [3.05, 3.63) is 82.7 Å². The lowest BCUT2D eigenvalue weighted by Gasteiger charge is -2.33. The highest BCUT2D eigenvalue weighted by molar-refractivity contribution is 5.91. The third kappa shape index (κ3) is 4.36. The fourth-order valence-electron chi connectivity index (χ4n) is 5.02. The molecule has 0 saturated heterocycles. The molecular formula is C29H28FNO4. The first kappa shape index (κ1) is 23.0. The van der Waals surface area contributed by atoms with Gasteiger partial charge in [0.2, 0.25) is 0 Å². The largest absolute Gasteiger partial charge is 0.496 e. The van der Waals surface area contributed by atoms with Gasteiger partial charge in [0.25, 0.3) is 0 Å². The summed E-state index contributed by atoms with van der Waals surface area (Å²) in [6.45, 7) is 6.95. The molecule has 0 radical (unpaired) electrons. The predicted molar refractivity (Wildman–Crippen MR) is 135 cm³/mol. The van der Waals surface area contributed by atoms with E-state index in [-0.39, 0.29) is 18.0 Å². The summed E-state index contributed by atoms with van der Waals surface area (Å²) in [5.74, 6) is 0.456. The molecule has 5 nitrogen and oxygen atoms in total. The van der Waals surface area contributed by atoms with E-state index in [4.69, 9.17) is 14.2 Å². The Kier molecular flexibility index (Phi) is 5.75. The number of rotatable bonds is 5. The lowest BCUT2D eigenvalue weighted by molar-refractivity contribution is 0.0473. The van der Waals surface area contributed by atoms with Crippen molar-refractivity contribution in [1.82, 2.24) is 0 Å². The highest BCUT2D eigenvalue weighted by Gasteiger charge is 2.27. The van der Waals surface area contributed by atoms with E-state index in [0.717, 1.165) is 51.2 Å². The third-order valence-corrected chi connectivity index (χ3v) is 6.47. The summed E-state index contributed by atoms with van der Waals surface area (Å²) in [6, 6.07) is 13.8. The number of allylic oxidation sites excluding steroid dienone is 1. The number of esters is 1. The second-order valence-corrected chi connectivity index (χ2v) is 9.53. The van der Waals surface area contributed by atoms with Gasteiger partial charge in [-0.2, -0.15) is 0 Å². The van der Waals surface area contributed by atoms with E-state index in [1.165, 1.54) is 19.2 Å². The van der Waals surface area contributed by atoms with E-state index in [0.29, 0.717) is 17.9 Å². The summed E-state index contributed by atoms with van der Waals surface area (Å²) in [6.07, 6.45) is 2.94. The molecule has 0 aliphatic carbocycles. The van der Waals surface area contributed by atoms with Gasteiger partial charge in [-0.15, -0.1) is 0 Å². The zero-order chi connectivity index (χ0) is 24.7. The van der Waals surface area contributed by atoms with Crippen molar-refractivity contribution in [3.8, 4) is 22.6 Å². The van der Waals surface area contributed by atoms with Crippen molar-refractivity contribution in [2.24, 2.45) is 0 Å². The van der Waals surface area contributed by atoms with Crippen LogP contribution in [0.2, 0.25) is 0 Å². The first-order chi connectivity index (χ1) is 16.8. The van der Waals surface area contributed by atoms with Crippen molar-refractivity contribution < 1.29 is 23.4 Å². The highest BCUT2D eigenvalue weighted by Crippen LogP contribution is 2.43. The van der Waals surface area contributed by atoms with Gasteiger partial charge < -0.3 is 19.5 Å². The molecule has 180 valence electrons. The lowest BCUT2D eigenvalue weighted by atomic mass is 9.85. The molecule has 3 aromatic carbocycles. The van der Waals surface area contributed by atoms with Crippen molar-refractivity contribution in [2.45, 2.75) is 39.3 Å². The molecule has 0 atom stereocenters. The zero-order valence-electron chi connectivity index (χ0n) is 20.3. The van der Waals surface area contributed by atoms with Crippen LogP contribution in [0.3, 0.4) is 0 Å². The van der Waals surface area contributed by atoms with Crippen LogP contribution in [0, 0.1) is 5.82 Å². The molecule has 0 saturated carbocycles. The van der Waals surface area contributed by atoms with Crippen LogP contribution in [0.1, 0.15) is 47.8 Å². The van der Waals surface area contributed by atoms with Gasteiger partial charge >= 0.3 is 5.97 Å². The lowest BCUT2D eigenvalue weighted by Crippen LogP contribution is -2.32. The minimum atomic E-state index is -0.403. The van der Waals surface area contributed by atoms with Crippen molar-refractivity contribution >= 4 is 17.2 Å². The van der Waals surface area contributed by atoms with Gasteiger partial charge in [0, 0.05) is 34.9 Å². The number of nitrogens with one attached hydrogen (secondary N) is 1. The molecule has 5 rings (SSSR count). The van der Waals surface area contributed by atoms with Crippen LogP contribution >= 0.6 is 0 Å². The zero-order valence-corrected chi connectivity index (χ0v) is 20.3. The summed E-state index contributed by atoms with van der Waals surface area (Å²) in [7, 11) is 1.52. The molecule has 2 aliphatic rings. The summed E-state index contributed by atoms with van der Waals surface area (Å²) in [5.41, 5.74) is 6.69. The average Bonchev–Trinajstić information content (AvgIpc) is 3.29. The number of ether oxygens (including phenoxy) is 3. The second kappa shape index (κ2) is 8.77. The third-order valence-electron chi connectivity index (χ3n) is 6.47. The van der Waals surface area contributed by atoms with Crippen LogP contribution in [0.4, 0.5) is 10.1 Å². The minimum absolute atomic E-state index is 0.0543. The Morgan fingerprint density at radius 1 is 1.11 bits per heavy atom. The van der Waals surface area contributed by atoms with Crippen LogP contribution in [-0.4, -0.2) is 25.2 Å². The minimum Gasteiger partial charge on any atom is -0.496 e. The Hall–Kier alpha value is -3.80. The van der Waals surface area contributed by atoms with Crippen LogP contribution in [0.5, 0.6) is 11.5 Å². The van der Waals surface area contributed by atoms with Gasteiger partial charge in [-0.05, 0) is 73.9 Å². The van der Waals surface area contributed by atoms with Crippen LogP contribution in [0.25, 0.3) is 16.7 Å². The van der Waals surface area contributed by atoms with Gasteiger partial charge in [-0.3, -0.25) is 0 Å². The fraction of sp³-hybridized carbons (Fsp3) is 0.276. The van der Waals surface area contributed by atoms with Gasteiger partial charge in [0.15, 0.2) is 0 Å². The van der Waals surface area contributed by atoms with E-state index < -0.39 is 5.97 Å². The number of hydrogen-bond donors (Lipinski definition) is 1. The molecule has 35 heavy (non-hydrogen) atoms. The molecule has 0 fully saturated rings. The van der Waals surface area contributed by atoms with Gasteiger partial charge in [0.05, 0.1) is 24.8 Å². The normalized spacial score (nSPS) is 15.3. The Balaban J connectivity index is 1.56. The fourth-order valence-corrected chi connectivity index (χ4v) is 5.02. The van der Waals surface area contributed by atoms with E-state index in [1.54, 1.807) is 12.1 Å². The van der Waals surface area contributed by atoms with Crippen LogP contribution in [-0.2, 0) is 17.8 Å². The average molecular weight is 474 g/mol. The molecule has 0 aromatic heterocycles. The topological polar surface area (TPSA) is 56.8 Å². The maximum atomic E-state index is 13.9. The standard InChI is InChI=1S/C29H28FNO4/c1-17-15-29(2,3)31-24-9-8-21(22-7-6-20(30)14-26(22)33-4)23(27(17)24)16-35-28(32)19-5-10-25-18(13-19)11-12-34-25/h5-10,13-15,31H,11-12,16H2,1-4H3. The first-order valence-corrected chi connectivity index (χ1v) is 11.7. The first-order valence-electron chi connectivity index (χ1n) is 11.7. The van der Waals surface area contributed by atoms with E-state index in [2.05, 4.69) is 32.2 Å². The molecule has 6 heteroatoms. The molecule has 0 bridgehead atoms. The molecule has 3 aromatic rings. The Morgan fingerprint density at radius 2 is 1.91 bits per heavy atom. The Labute approximate surface area is 204 Å². The van der Waals surface area contributed by atoms with E-state index in [9.17, 15) is 9.18 Å². The quantitative estimate of drug-likeness (QED) is 0.435. The van der Waals surface area contributed by atoms with Crippen molar-refractivity contribution in [3.63, 3.8) is 0 Å². The van der Waals surface area contributed by atoms with E-state index in [1.807, 2.05) is 24.3 Å². The number of carbonyl (C=O) groups excluding carboxylic acids is 1. The molecular weight excluding hydrogens is 445 g/mol. The summed E-state index contributed by atoms with van der Waals surface area (Å²) in [5, 5.41) is 3.55. The molecule has 2 aliphatic heterocycles. The molecule has 0 unspecified atom stereocenters. The van der Waals surface area contributed by atoms with Crippen molar-refractivity contribution in [2.75, 3.05) is 19.0 Å². The molecule has 0 amide bonds. The predicted octanol–water partition coefficient (Wildman–Crippen LogP) is 6.40. The van der Waals surface area contributed by atoms with Crippen LogP contribution in [0.15, 0.2) is 54.6 Å². The molecule has 0 spiro atoms.